The molecule has 140 valence electrons. The van der Waals surface area contributed by atoms with E-state index in [2.05, 4.69) is 36.0 Å². The van der Waals surface area contributed by atoms with Crippen LogP contribution in [-0.4, -0.2) is 48.1 Å². The standard InChI is InChI=1S/C20H33N3O2/c1-4-23(5-2)14-8-9-16(3)22-20(24)15-25-19-12-13-21-18-11-7-6-10-17(18)19/h12-13,16H,4-11,14-15H2,1-3H3,(H,22,24). The highest BCUT2D eigenvalue weighted by atomic mass is 16.5. The summed E-state index contributed by atoms with van der Waals surface area (Å²) in [4.78, 5) is 19.0. The van der Waals surface area contributed by atoms with E-state index in [0.29, 0.717) is 0 Å². The maximum atomic E-state index is 12.1. The zero-order chi connectivity index (χ0) is 18.1. The van der Waals surface area contributed by atoms with Crippen LogP contribution in [0.25, 0.3) is 0 Å². The molecule has 0 aromatic carbocycles. The molecule has 5 nitrogen and oxygen atoms in total. The largest absolute Gasteiger partial charge is 0.483 e. The smallest absolute Gasteiger partial charge is 0.258 e. The molecular formula is C20H33N3O2. The normalized spacial score (nSPS) is 14.9. The minimum Gasteiger partial charge on any atom is -0.483 e. The molecule has 25 heavy (non-hydrogen) atoms. The second-order valence-corrected chi connectivity index (χ2v) is 6.87. The van der Waals surface area contributed by atoms with Gasteiger partial charge >= 0.3 is 0 Å². The zero-order valence-electron chi connectivity index (χ0n) is 16.0. The quantitative estimate of drug-likeness (QED) is 0.707. The molecule has 5 heteroatoms. The number of aromatic nitrogens is 1. The second-order valence-electron chi connectivity index (χ2n) is 6.87. The highest BCUT2D eigenvalue weighted by molar-refractivity contribution is 5.77. The molecule has 1 heterocycles. The number of hydrogen-bond donors (Lipinski definition) is 1. The van der Waals surface area contributed by atoms with Gasteiger partial charge in [0.25, 0.3) is 5.91 Å². The van der Waals surface area contributed by atoms with Crippen molar-refractivity contribution in [2.45, 2.75) is 65.3 Å². The summed E-state index contributed by atoms with van der Waals surface area (Å²) in [5.41, 5.74) is 2.32. The van der Waals surface area contributed by atoms with Crippen molar-refractivity contribution in [3.05, 3.63) is 23.5 Å². The average molecular weight is 348 g/mol. The minimum absolute atomic E-state index is 0.0447. The van der Waals surface area contributed by atoms with Crippen LogP contribution in [-0.2, 0) is 17.6 Å². The van der Waals surface area contributed by atoms with E-state index in [1.807, 2.05) is 6.07 Å². The lowest BCUT2D eigenvalue weighted by atomic mass is 9.95. The monoisotopic (exact) mass is 347 g/mol. The van der Waals surface area contributed by atoms with Gasteiger partial charge in [-0.1, -0.05) is 13.8 Å². The molecule has 1 aliphatic rings. The predicted molar refractivity (Wildman–Crippen MR) is 101 cm³/mol. The first-order valence-corrected chi connectivity index (χ1v) is 9.75. The van der Waals surface area contributed by atoms with Gasteiger partial charge in [-0.15, -0.1) is 0 Å². The summed E-state index contributed by atoms with van der Waals surface area (Å²) in [6.07, 6.45) is 8.26. The molecule has 1 aromatic rings. The molecule has 0 bridgehead atoms. The van der Waals surface area contributed by atoms with Crippen LogP contribution in [0, 0.1) is 0 Å². The number of pyridine rings is 1. The summed E-state index contributed by atoms with van der Waals surface area (Å²) in [6.45, 7) is 9.77. The zero-order valence-corrected chi connectivity index (χ0v) is 16.0. The maximum Gasteiger partial charge on any atom is 0.258 e. The lowest BCUT2D eigenvalue weighted by Crippen LogP contribution is -2.36. The third kappa shape index (κ3) is 6.31. The number of fused-ring (bicyclic) bond motifs is 1. The molecule has 2 rings (SSSR count). The molecule has 1 unspecified atom stereocenters. The molecule has 0 spiro atoms. The van der Waals surface area contributed by atoms with E-state index in [4.69, 9.17) is 4.74 Å². The Bertz CT molecular complexity index is 544. The first-order chi connectivity index (χ1) is 12.1. The van der Waals surface area contributed by atoms with Gasteiger partial charge in [-0.2, -0.15) is 0 Å². The van der Waals surface area contributed by atoms with E-state index in [-0.39, 0.29) is 18.6 Å². The first-order valence-electron chi connectivity index (χ1n) is 9.75. The van der Waals surface area contributed by atoms with E-state index >= 15 is 0 Å². The molecule has 1 amide bonds. The predicted octanol–water partition coefficient (Wildman–Crippen LogP) is 2.97. The molecule has 1 aliphatic carbocycles. The number of carbonyl (C=O) groups is 1. The van der Waals surface area contributed by atoms with Crippen molar-refractivity contribution in [1.82, 2.24) is 15.2 Å². The lowest BCUT2D eigenvalue weighted by Gasteiger charge is -2.20. The summed E-state index contributed by atoms with van der Waals surface area (Å²) in [5.74, 6) is 0.783. The Labute approximate surface area is 152 Å². The highest BCUT2D eigenvalue weighted by Gasteiger charge is 2.16. The van der Waals surface area contributed by atoms with Crippen LogP contribution < -0.4 is 10.1 Å². The first kappa shape index (κ1) is 19.7. The van der Waals surface area contributed by atoms with Crippen molar-refractivity contribution in [1.29, 1.82) is 0 Å². The van der Waals surface area contributed by atoms with Crippen LogP contribution in [0.4, 0.5) is 0 Å². The van der Waals surface area contributed by atoms with Crippen LogP contribution >= 0.6 is 0 Å². The van der Waals surface area contributed by atoms with Gasteiger partial charge in [0.05, 0.1) is 0 Å². The average Bonchev–Trinajstić information content (AvgIpc) is 2.63. The summed E-state index contributed by atoms with van der Waals surface area (Å²) in [7, 11) is 0. The number of carbonyl (C=O) groups excluding carboxylic acids is 1. The van der Waals surface area contributed by atoms with Crippen LogP contribution in [0.2, 0.25) is 0 Å². The number of hydrogen-bond acceptors (Lipinski definition) is 4. The number of rotatable bonds is 10. The van der Waals surface area contributed by atoms with Crippen LogP contribution in [0.5, 0.6) is 5.75 Å². The fraction of sp³-hybridized carbons (Fsp3) is 0.700. The Morgan fingerprint density at radius 1 is 1.32 bits per heavy atom. The Hall–Kier alpha value is -1.62. The van der Waals surface area contributed by atoms with E-state index in [0.717, 1.165) is 56.8 Å². The number of ether oxygens (including phenoxy) is 1. The number of amides is 1. The Kier molecular flexibility index (Phi) is 8.19. The maximum absolute atomic E-state index is 12.1. The molecule has 0 fully saturated rings. The minimum atomic E-state index is -0.0447. The summed E-state index contributed by atoms with van der Waals surface area (Å²) < 4.78 is 5.78. The fourth-order valence-electron chi connectivity index (χ4n) is 3.42. The van der Waals surface area contributed by atoms with Gasteiger partial charge in [-0.3, -0.25) is 9.78 Å². The van der Waals surface area contributed by atoms with Crippen LogP contribution in [0.3, 0.4) is 0 Å². The van der Waals surface area contributed by atoms with Crippen molar-refractivity contribution in [2.24, 2.45) is 0 Å². The van der Waals surface area contributed by atoms with Crippen molar-refractivity contribution in [2.75, 3.05) is 26.2 Å². The molecule has 0 aliphatic heterocycles. The van der Waals surface area contributed by atoms with E-state index in [1.165, 1.54) is 18.4 Å². The number of aryl methyl sites for hydroxylation is 1. The number of nitrogens with zero attached hydrogens (tertiary/aromatic N) is 2. The summed E-state index contributed by atoms with van der Waals surface area (Å²) >= 11 is 0. The Morgan fingerprint density at radius 3 is 2.84 bits per heavy atom. The van der Waals surface area contributed by atoms with E-state index in [1.54, 1.807) is 6.20 Å². The van der Waals surface area contributed by atoms with Gasteiger partial charge in [0.15, 0.2) is 6.61 Å². The van der Waals surface area contributed by atoms with Crippen molar-refractivity contribution >= 4 is 5.91 Å². The van der Waals surface area contributed by atoms with Gasteiger partial charge in [0.1, 0.15) is 5.75 Å². The van der Waals surface area contributed by atoms with Gasteiger partial charge in [-0.05, 0) is 71.1 Å². The van der Waals surface area contributed by atoms with E-state index < -0.39 is 0 Å². The van der Waals surface area contributed by atoms with Gasteiger partial charge in [-0.25, -0.2) is 0 Å². The fourth-order valence-corrected chi connectivity index (χ4v) is 3.42. The van der Waals surface area contributed by atoms with Crippen molar-refractivity contribution in [3.8, 4) is 5.75 Å². The SMILES string of the molecule is CCN(CC)CCCC(C)NC(=O)COc1ccnc2c1CCCC2. The molecule has 1 aromatic heterocycles. The lowest BCUT2D eigenvalue weighted by molar-refractivity contribution is -0.123. The molecule has 0 saturated carbocycles. The summed E-state index contributed by atoms with van der Waals surface area (Å²) in [6, 6.07) is 2.06. The van der Waals surface area contributed by atoms with Gasteiger partial charge < -0.3 is 15.0 Å². The van der Waals surface area contributed by atoms with Crippen molar-refractivity contribution in [3.63, 3.8) is 0 Å². The Morgan fingerprint density at radius 2 is 2.08 bits per heavy atom. The van der Waals surface area contributed by atoms with Crippen LogP contribution in [0.1, 0.15) is 57.7 Å². The highest BCUT2D eigenvalue weighted by Crippen LogP contribution is 2.27. The van der Waals surface area contributed by atoms with E-state index in [9.17, 15) is 4.79 Å². The Balaban J connectivity index is 1.72. The molecular weight excluding hydrogens is 314 g/mol. The van der Waals surface area contributed by atoms with Crippen molar-refractivity contribution < 1.29 is 9.53 Å². The van der Waals surface area contributed by atoms with Gasteiger partial charge in [0, 0.05) is 23.5 Å². The molecule has 1 atom stereocenters. The molecule has 0 saturated heterocycles. The third-order valence-corrected chi connectivity index (χ3v) is 4.96. The molecule has 1 N–H and O–H groups in total. The summed E-state index contributed by atoms with van der Waals surface area (Å²) in [5, 5.41) is 3.04. The third-order valence-electron chi connectivity index (χ3n) is 4.96. The second kappa shape index (κ2) is 10.4. The van der Waals surface area contributed by atoms with Gasteiger partial charge in [0.2, 0.25) is 0 Å². The van der Waals surface area contributed by atoms with Crippen LogP contribution in [0.15, 0.2) is 12.3 Å². The molecule has 0 radical (unpaired) electrons. The number of nitrogens with one attached hydrogen (secondary N) is 1. The topological polar surface area (TPSA) is 54.5 Å².